The summed E-state index contributed by atoms with van der Waals surface area (Å²) in [6.07, 6.45) is 3.98. The van der Waals surface area contributed by atoms with Gasteiger partial charge in [-0.15, -0.1) is 0 Å². The van der Waals surface area contributed by atoms with Crippen molar-refractivity contribution in [1.82, 2.24) is 9.29 Å². The van der Waals surface area contributed by atoms with Crippen molar-refractivity contribution in [2.24, 2.45) is 0 Å². The topological polar surface area (TPSA) is 98.3 Å². The van der Waals surface area contributed by atoms with Gasteiger partial charge in [0.1, 0.15) is 27.8 Å². The number of sulfonamides is 1. The quantitative estimate of drug-likeness (QED) is 0.613. The Morgan fingerprint density at radius 1 is 1.26 bits per heavy atom. The first-order chi connectivity index (χ1) is 14.8. The number of carbonyl (C=O) groups is 1. The van der Waals surface area contributed by atoms with Gasteiger partial charge in [0, 0.05) is 13.2 Å². The molecule has 2 aromatic rings. The van der Waals surface area contributed by atoms with Gasteiger partial charge in [0.15, 0.2) is 5.13 Å². The SMILES string of the molecule is COc1ccc(OC)c2sc(N(CC3CCCO3)C(=O)C3CCCN3S(C)(=O)=O)nc12. The number of anilines is 1. The average Bonchev–Trinajstić information content (AvgIpc) is 3.50. The summed E-state index contributed by atoms with van der Waals surface area (Å²) in [4.78, 5) is 19.9. The van der Waals surface area contributed by atoms with E-state index in [1.807, 2.05) is 0 Å². The summed E-state index contributed by atoms with van der Waals surface area (Å²) in [5, 5.41) is 0.485. The molecule has 2 fully saturated rings. The van der Waals surface area contributed by atoms with Gasteiger partial charge in [-0.25, -0.2) is 13.4 Å². The van der Waals surface area contributed by atoms with Gasteiger partial charge >= 0.3 is 0 Å². The molecule has 0 radical (unpaired) electrons. The summed E-state index contributed by atoms with van der Waals surface area (Å²) in [6, 6.07) is 2.85. The number of thiazole rings is 1. The van der Waals surface area contributed by atoms with Crippen molar-refractivity contribution in [3.8, 4) is 11.5 Å². The van der Waals surface area contributed by atoms with Crippen LogP contribution in [0.1, 0.15) is 25.7 Å². The molecule has 2 aliphatic rings. The molecule has 1 amide bonds. The van der Waals surface area contributed by atoms with Gasteiger partial charge in [-0.3, -0.25) is 9.69 Å². The van der Waals surface area contributed by atoms with Crippen LogP contribution in [0, 0.1) is 0 Å². The number of amides is 1. The van der Waals surface area contributed by atoms with E-state index < -0.39 is 16.1 Å². The third-order valence-corrected chi connectivity index (χ3v) is 8.10. The number of methoxy groups -OCH3 is 2. The molecule has 0 saturated carbocycles. The van der Waals surface area contributed by atoms with Crippen LogP contribution in [0.25, 0.3) is 10.2 Å². The van der Waals surface area contributed by atoms with E-state index in [0.717, 1.165) is 23.8 Å². The molecule has 1 aromatic carbocycles. The Morgan fingerprint density at radius 2 is 2.00 bits per heavy atom. The molecule has 4 rings (SSSR count). The lowest BCUT2D eigenvalue weighted by molar-refractivity contribution is -0.122. The standard InChI is InChI=1S/C20H27N3O6S2/c1-27-15-8-9-16(28-2)18-17(15)21-20(30-18)22(12-13-6-5-11-29-13)19(24)14-7-4-10-23(14)31(3,25)26/h8-9,13-14H,4-7,10-12H2,1-3H3. The fourth-order valence-corrected chi connectivity index (χ4v) is 6.42. The Kier molecular flexibility index (Phi) is 6.38. The first-order valence-electron chi connectivity index (χ1n) is 10.2. The summed E-state index contributed by atoms with van der Waals surface area (Å²) >= 11 is 1.33. The maximum absolute atomic E-state index is 13.6. The Morgan fingerprint density at radius 3 is 2.65 bits per heavy atom. The molecule has 3 heterocycles. The van der Waals surface area contributed by atoms with E-state index in [1.165, 1.54) is 15.6 Å². The highest BCUT2D eigenvalue weighted by molar-refractivity contribution is 7.88. The minimum atomic E-state index is -3.49. The van der Waals surface area contributed by atoms with Crippen molar-refractivity contribution in [3.63, 3.8) is 0 Å². The normalized spacial score (nSPS) is 22.2. The number of hydrogen-bond acceptors (Lipinski definition) is 8. The van der Waals surface area contributed by atoms with Crippen LogP contribution in [0.15, 0.2) is 12.1 Å². The van der Waals surface area contributed by atoms with Gasteiger partial charge in [-0.1, -0.05) is 11.3 Å². The van der Waals surface area contributed by atoms with Crippen LogP contribution < -0.4 is 14.4 Å². The van der Waals surface area contributed by atoms with Crippen molar-refractivity contribution >= 4 is 42.6 Å². The van der Waals surface area contributed by atoms with Crippen LogP contribution >= 0.6 is 11.3 Å². The highest BCUT2D eigenvalue weighted by atomic mass is 32.2. The van der Waals surface area contributed by atoms with Crippen LogP contribution in [-0.2, 0) is 19.6 Å². The second-order valence-electron chi connectivity index (χ2n) is 7.76. The molecule has 0 bridgehead atoms. The summed E-state index contributed by atoms with van der Waals surface area (Å²) in [7, 11) is -0.339. The van der Waals surface area contributed by atoms with Crippen LogP contribution in [0.5, 0.6) is 11.5 Å². The monoisotopic (exact) mass is 469 g/mol. The molecule has 2 unspecified atom stereocenters. The zero-order valence-corrected chi connectivity index (χ0v) is 19.5. The van der Waals surface area contributed by atoms with Gasteiger partial charge in [-0.05, 0) is 37.8 Å². The lowest BCUT2D eigenvalue weighted by Gasteiger charge is -2.29. The van der Waals surface area contributed by atoms with Gasteiger partial charge in [-0.2, -0.15) is 4.31 Å². The fraction of sp³-hybridized carbons (Fsp3) is 0.600. The minimum absolute atomic E-state index is 0.104. The summed E-state index contributed by atoms with van der Waals surface area (Å²) in [5.74, 6) is 0.958. The molecule has 170 valence electrons. The van der Waals surface area contributed by atoms with E-state index in [4.69, 9.17) is 19.2 Å². The number of hydrogen-bond donors (Lipinski definition) is 0. The van der Waals surface area contributed by atoms with Crippen molar-refractivity contribution < 1.29 is 27.4 Å². The Hall–Kier alpha value is -1.95. The molecule has 0 N–H and O–H groups in total. The van der Waals surface area contributed by atoms with E-state index in [1.54, 1.807) is 31.3 Å². The molecule has 0 aliphatic carbocycles. The average molecular weight is 470 g/mol. The van der Waals surface area contributed by atoms with Crippen LogP contribution in [0.3, 0.4) is 0 Å². The molecular formula is C20H27N3O6S2. The molecule has 1 aromatic heterocycles. The molecule has 11 heteroatoms. The molecule has 31 heavy (non-hydrogen) atoms. The van der Waals surface area contributed by atoms with E-state index in [9.17, 15) is 13.2 Å². The van der Waals surface area contributed by atoms with Crippen molar-refractivity contribution in [3.05, 3.63) is 12.1 Å². The molecule has 2 saturated heterocycles. The van der Waals surface area contributed by atoms with E-state index in [-0.39, 0.29) is 12.0 Å². The zero-order chi connectivity index (χ0) is 22.2. The van der Waals surface area contributed by atoms with Gasteiger partial charge < -0.3 is 14.2 Å². The van der Waals surface area contributed by atoms with Crippen molar-refractivity contribution in [2.75, 3.05) is 45.1 Å². The summed E-state index contributed by atoms with van der Waals surface area (Å²) < 4.78 is 43.3. The highest BCUT2D eigenvalue weighted by Crippen LogP contribution is 2.41. The number of nitrogens with zero attached hydrogens (tertiary/aromatic N) is 3. The number of fused-ring (bicyclic) bond motifs is 1. The molecule has 2 aliphatic heterocycles. The first-order valence-corrected chi connectivity index (χ1v) is 12.9. The number of aromatic nitrogens is 1. The Labute approximate surface area is 185 Å². The molecule has 2 atom stereocenters. The predicted molar refractivity (Wildman–Crippen MR) is 119 cm³/mol. The smallest absolute Gasteiger partial charge is 0.247 e. The number of carbonyl (C=O) groups excluding carboxylic acids is 1. The maximum Gasteiger partial charge on any atom is 0.247 e. The number of ether oxygens (including phenoxy) is 3. The number of benzene rings is 1. The van der Waals surface area contributed by atoms with Gasteiger partial charge in [0.25, 0.3) is 0 Å². The van der Waals surface area contributed by atoms with Crippen LogP contribution in [0.4, 0.5) is 5.13 Å². The minimum Gasteiger partial charge on any atom is -0.495 e. The fourth-order valence-electron chi connectivity index (χ4n) is 4.21. The van der Waals surface area contributed by atoms with Crippen molar-refractivity contribution in [2.45, 2.75) is 37.8 Å². The summed E-state index contributed by atoms with van der Waals surface area (Å²) in [6.45, 7) is 1.34. The third kappa shape index (κ3) is 4.36. The maximum atomic E-state index is 13.6. The predicted octanol–water partition coefficient (Wildman–Crippen LogP) is 2.25. The number of rotatable bonds is 7. The third-order valence-electron chi connectivity index (χ3n) is 5.72. The van der Waals surface area contributed by atoms with E-state index >= 15 is 0 Å². The lowest BCUT2D eigenvalue weighted by atomic mass is 10.2. The van der Waals surface area contributed by atoms with Crippen LogP contribution in [-0.4, -0.2) is 75.9 Å². The molecule has 0 spiro atoms. The van der Waals surface area contributed by atoms with Crippen LogP contribution in [0.2, 0.25) is 0 Å². The van der Waals surface area contributed by atoms with Crippen molar-refractivity contribution in [1.29, 1.82) is 0 Å². The van der Waals surface area contributed by atoms with E-state index in [0.29, 0.717) is 54.7 Å². The summed E-state index contributed by atoms with van der Waals surface area (Å²) in [5.41, 5.74) is 0.610. The molecule has 9 nitrogen and oxygen atoms in total. The second kappa shape index (κ2) is 8.89. The molecular weight excluding hydrogens is 442 g/mol. The zero-order valence-electron chi connectivity index (χ0n) is 17.9. The highest BCUT2D eigenvalue weighted by Gasteiger charge is 2.40. The largest absolute Gasteiger partial charge is 0.495 e. The Balaban J connectivity index is 1.75. The first kappa shape index (κ1) is 22.3. The Bertz CT molecular complexity index is 1020. The van der Waals surface area contributed by atoms with Gasteiger partial charge in [0.2, 0.25) is 15.9 Å². The second-order valence-corrected chi connectivity index (χ2v) is 10.7. The lowest BCUT2D eigenvalue weighted by Crippen LogP contribution is -2.49. The van der Waals surface area contributed by atoms with Gasteiger partial charge in [0.05, 0.1) is 33.1 Å². The van der Waals surface area contributed by atoms with E-state index in [2.05, 4.69) is 0 Å².